The van der Waals surface area contributed by atoms with Gasteiger partial charge < -0.3 is 0 Å². The van der Waals surface area contributed by atoms with Gasteiger partial charge in [-0.05, 0) is 23.3 Å². The molecule has 0 saturated carbocycles. The Hall–Kier alpha value is -4.60. The van der Waals surface area contributed by atoms with E-state index >= 15 is 0 Å². The Morgan fingerprint density at radius 3 is 1.03 bits per heavy atom. The van der Waals surface area contributed by atoms with Crippen LogP contribution in [0, 0.1) is 0 Å². The van der Waals surface area contributed by atoms with Gasteiger partial charge in [-0.25, -0.2) is 0 Å². The van der Waals surface area contributed by atoms with Crippen LogP contribution in [0.3, 0.4) is 0 Å². The normalized spacial score (nSPS) is 11.2. The predicted molar refractivity (Wildman–Crippen MR) is 157 cm³/mol. The smallest absolute Gasteiger partial charge is 0.101 e. The molecule has 7 aromatic rings. The molecular formula is C34H22N2S. The number of hydrogen-bond donors (Lipinski definition) is 0. The molecule has 0 spiro atoms. The third kappa shape index (κ3) is 3.81. The van der Waals surface area contributed by atoms with Crippen LogP contribution in [-0.2, 0) is 0 Å². The highest BCUT2D eigenvalue weighted by Crippen LogP contribution is 2.47. The van der Waals surface area contributed by atoms with Gasteiger partial charge in [-0.2, -0.15) is 0 Å². The lowest BCUT2D eigenvalue weighted by Gasteiger charge is -2.11. The summed E-state index contributed by atoms with van der Waals surface area (Å²) in [4.78, 5) is 2.54. The van der Waals surface area contributed by atoms with E-state index in [1.807, 2.05) is 23.5 Å². The number of fused-ring (bicyclic) bond motifs is 2. The first-order valence-electron chi connectivity index (χ1n) is 12.4. The standard InChI is InChI=1S/C34H22N2S/c1-5-13-23(14-6-1)31-27-21-29-30(22-28(27)32(36-35-31)24-15-7-2-8-16-24)34(26-19-11-4-12-20-26)37-33(29)25-17-9-3-10-18-25/h1-22H. The van der Waals surface area contributed by atoms with E-state index in [1.165, 1.54) is 31.7 Å². The molecule has 37 heavy (non-hydrogen) atoms. The van der Waals surface area contributed by atoms with Crippen molar-refractivity contribution in [3.05, 3.63) is 133 Å². The Bertz CT molecular complexity index is 1710. The molecule has 0 aliphatic carbocycles. The second-order valence-corrected chi connectivity index (χ2v) is 10.1. The van der Waals surface area contributed by atoms with Gasteiger partial charge in [0.15, 0.2) is 0 Å². The first-order valence-corrected chi connectivity index (χ1v) is 13.2. The molecule has 0 aliphatic heterocycles. The van der Waals surface area contributed by atoms with Crippen molar-refractivity contribution in [2.45, 2.75) is 0 Å². The van der Waals surface area contributed by atoms with E-state index in [2.05, 4.69) is 121 Å². The van der Waals surface area contributed by atoms with Crippen LogP contribution < -0.4 is 0 Å². The third-order valence-corrected chi connectivity index (χ3v) is 8.10. The van der Waals surface area contributed by atoms with Crippen LogP contribution >= 0.6 is 11.3 Å². The summed E-state index contributed by atoms with van der Waals surface area (Å²) in [7, 11) is 0. The Balaban J connectivity index is 1.62. The van der Waals surface area contributed by atoms with E-state index in [9.17, 15) is 0 Å². The Labute approximate surface area is 219 Å². The highest BCUT2D eigenvalue weighted by Gasteiger charge is 2.19. The fraction of sp³-hybridized carbons (Fsp3) is 0. The van der Waals surface area contributed by atoms with Crippen LogP contribution in [0.4, 0.5) is 0 Å². The molecule has 0 amide bonds. The highest BCUT2D eigenvalue weighted by molar-refractivity contribution is 7.21. The summed E-state index contributed by atoms with van der Waals surface area (Å²) in [5.41, 5.74) is 6.40. The molecule has 2 nitrogen and oxygen atoms in total. The second kappa shape index (κ2) is 9.12. The fourth-order valence-corrected chi connectivity index (χ4v) is 6.28. The molecule has 0 saturated heterocycles. The van der Waals surface area contributed by atoms with Gasteiger partial charge in [-0.15, -0.1) is 21.5 Å². The van der Waals surface area contributed by atoms with Crippen molar-refractivity contribution in [2.24, 2.45) is 0 Å². The SMILES string of the molecule is c1ccc(-c2nnc(-c3ccccc3)c3cc4c(-c5ccccc5)sc(-c5ccccc5)c4cc23)cc1. The lowest BCUT2D eigenvalue weighted by molar-refractivity contribution is 1.06. The number of benzene rings is 5. The maximum Gasteiger partial charge on any atom is 0.101 e. The van der Waals surface area contributed by atoms with Crippen molar-refractivity contribution >= 4 is 32.9 Å². The summed E-state index contributed by atoms with van der Waals surface area (Å²) in [5, 5.41) is 14.3. The summed E-state index contributed by atoms with van der Waals surface area (Å²) in [6.07, 6.45) is 0. The third-order valence-electron chi connectivity index (χ3n) is 6.78. The molecule has 2 aromatic heterocycles. The lowest BCUT2D eigenvalue weighted by Crippen LogP contribution is -1.95. The lowest BCUT2D eigenvalue weighted by atomic mass is 9.95. The Morgan fingerprint density at radius 2 is 0.676 bits per heavy atom. The monoisotopic (exact) mass is 490 g/mol. The van der Waals surface area contributed by atoms with Crippen LogP contribution in [-0.4, -0.2) is 10.2 Å². The summed E-state index contributed by atoms with van der Waals surface area (Å²) < 4.78 is 0. The van der Waals surface area contributed by atoms with Gasteiger partial charge in [0.05, 0.1) is 0 Å². The van der Waals surface area contributed by atoms with Gasteiger partial charge in [0, 0.05) is 42.4 Å². The van der Waals surface area contributed by atoms with Gasteiger partial charge in [-0.1, -0.05) is 121 Å². The quantitative estimate of drug-likeness (QED) is 0.245. The zero-order valence-corrected chi connectivity index (χ0v) is 20.8. The van der Waals surface area contributed by atoms with E-state index in [0.29, 0.717) is 0 Å². The molecule has 0 unspecified atom stereocenters. The van der Waals surface area contributed by atoms with Gasteiger partial charge >= 0.3 is 0 Å². The molecule has 2 heterocycles. The average Bonchev–Trinajstić information content (AvgIpc) is 3.36. The van der Waals surface area contributed by atoms with E-state index in [-0.39, 0.29) is 0 Å². The Morgan fingerprint density at radius 1 is 0.351 bits per heavy atom. The molecule has 7 rings (SSSR count). The molecule has 0 aliphatic rings. The van der Waals surface area contributed by atoms with Crippen LogP contribution in [0.25, 0.3) is 64.9 Å². The van der Waals surface area contributed by atoms with Crippen molar-refractivity contribution in [3.63, 3.8) is 0 Å². The van der Waals surface area contributed by atoms with E-state index in [1.54, 1.807) is 0 Å². The molecule has 5 aromatic carbocycles. The van der Waals surface area contributed by atoms with Gasteiger partial charge in [0.1, 0.15) is 11.4 Å². The van der Waals surface area contributed by atoms with Crippen molar-refractivity contribution in [3.8, 4) is 43.4 Å². The second-order valence-electron chi connectivity index (χ2n) is 9.07. The van der Waals surface area contributed by atoms with Crippen LogP contribution in [0.2, 0.25) is 0 Å². The van der Waals surface area contributed by atoms with Crippen molar-refractivity contribution < 1.29 is 0 Å². The number of aromatic nitrogens is 2. The summed E-state index contributed by atoms with van der Waals surface area (Å²) in [6.45, 7) is 0. The number of nitrogens with zero attached hydrogens (tertiary/aromatic N) is 2. The van der Waals surface area contributed by atoms with E-state index in [0.717, 1.165) is 33.3 Å². The topological polar surface area (TPSA) is 25.8 Å². The predicted octanol–water partition coefficient (Wildman–Crippen LogP) is 9.51. The largest absolute Gasteiger partial charge is 0.149 e. The number of hydrogen-bond acceptors (Lipinski definition) is 3. The zero-order chi connectivity index (χ0) is 24.6. The molecule has 0 fully saturated rings. The highest BCUT2D eigenvalue weighted by atomic mass is 32.1. The summed E-state index contributed by atoms with van der Waals surface area (Å²) in [5.74, 6) is 0. The van der Waals surface area contributed by atoms with Crippen molar-refractivity contribution in [1.29, 1.82) is 0 Å². The summed E-state index contributed by atoms with van der Waals surface area (Å²) in [6, 6.07) is 46.8. The molecule has 3 heteroatoms. The van der Waals surface area contributed by atoms with Crippen LogP contribution in [0.1, 0.15) is 0 Å². The molecule has 174 valence electrons. The maximum atomic E-state index is 4.78. The molecule has 0 bridgehead atoms. The van der Waals surface area contributed by atoms with Gasteiger partial charge in [0.2, 0.25) is 0 Å². The zero-order valence-electron chi connectivity index (χ0n) is 20.0. The summed E-state index contributed by atoms with van der Waals surface area (Å²) >= 11 is 1.85. The van der Waals surface area contributed by atoms with E-state index in [4.69, 9.17) is 10.2 Å². The van der Waals surface area contributed by atoms with Crippen LogP contribution in [0.5, 0.6) is 0 Å². The van der Waals surface area contributed by atoms with Gasteiger partial charge in [-0.3, -0.25) is 0 Å². The Kier molecular flexibility index (Phi) is 5.34. The number of rotatable bonds is 4. The van der Waals surface area contributed by atoms with E-state index < -0.39 is 0 Å². The van der Waals surface area contributed by atoms with Gasteiger partial charge in [0.25, 0.3) is 0 Å². The first-order chi connectivity index (χ1) is 18.4. The first kappa shape index (κ1) is 21.7. The van der Waals surface area contributed by atoms with Crippen molar-refractivity contribution in [1.82, 2.24) is 10.2 Å². The van der Waals surface area contributed by atoms with Crippen molar-refractivity contribution in [2.75, 3.05) is 0 Å². The molecule has 0 atom stereocenters. The fourth-order valence-electron chi connectivity index (χ4n) is 5.01. The minimum atomic E-state index is 0.906. The molecular weight excluding hydrogens is 468 g/mol. The van der Waals surface area contributed by atoms with Crippen LogP contribution in [0.15, 0.2) is 133 Å². The minimum Gasteiger partial charge on any atom is -0.149 e. The molecule has 0 radical (unpaired) electrons. The average molecular weight is 491 g/mol. The number of thiophene rings is 1. The molecule has 0 N–H and O–H groups in total. The maximum absolute atomic E-state index is 4.78. The minimum absolute atomic E-state index is 0.906.